The molecule has 2 heteroatoms. The fraction of sp³-hybridized carbons (Fsp3) is 0.182. The van der Waals surface area contributed by atoms with Gasteiger partial charge < -0.3 is 5.11 Å². The average molecular weight is 176 g/mol. The quantitative estimate of drug-likeness (QED) is 0.563. The number of carbonyl (C=O) groups excluding carboxylic acids is 1. The lowest BCUT2D eigenvalue weighted by Gasteiger charge is -2.03. The van der Waals surface area contributed by atoms with Crippen LogP contribution in [0.25, 0.3) is 0 Å². The first-order valence-corrected chi connectivity index (χ1v) is 4.16. The van der Waals surface area contributed by atoms with Gasteiger partial charge in [-0.1, -0.05) is 42.5 Å². The first-order valence-electron chi connectivity index (χ1n) is 4.16. The van der Waals surface area contributed by atoms with Gasteiger partial charge in [0.05, 0.1) is 0 Å². The summed E-state index contributed by atoms with van der Waals surface area (Å²) in [5.41, 5.74) is 0.535. The molecule has 0 aromatic heterocycles. The first kappa shape index (κ1) is 9.68. The minimum absolute atomic E-state index is 0.265. The lowest BCUT2D eigenvalue weighted by Crippen LogP contribution is -2.17. The van der Waals surface area contributed by atoms with E-state index in [-0.39, 0.29) is 5.78 Å². The summed E-state index contributed by atoms with van der Waals surface area (Å²) in [5.74, 6) is -0.265. The van der Waals surface area contributed by atoms with Crippen LogP contribution in [0.15, 0.2) is 42.5 Å². The molecular weight excluding hydrogens is 164 g/mol. The van der Waals surface area contributed by atoms with Gasteiger partial charge in [0.15, 0.2) is 5.78 Å². The van der Waals surface area contributed by atoms with Crippen LogP contribution < -0.4 is 0 Å². The number of benzene rings is 1. The lowest BCUT2D eigenvalue weighted by atomic mass is 10.1. The van der Waals surface area contributed by atoms with Crippen molar-refractivity contribution in [2.24, 2.45) is 0 Å². The number of hydrogen-bond donors (Lipinski definition) is 1. The zero-order valence-corrected chi connectivity index (χ0v) is 7.47. The van der Waals surface area contributed by atoms with Crippen LogP contribution in [-0.2, 0) is 0 Å². The molecule has 0 bridgehead atoms. The minimum Gasteiger partial charge on any atom is -0.381 e. The molecule has 0 saturated heterocycles. The Hall–Kier alpha value is -1.41. The molecular formula is C11H12O2. The van der Waals surface area contributed by atoms with Gasteiger partial charge >= 0.3 is 0 Å². The SMILES string of the molecule is C/C=C/C(O)C(=O)c1ccccc1. The Balaban J connectivity index is 2.80. The first-order chi connectivity index (χ1) is 6.25. The largest absolute Gasteiger partial charge is 0.381 e. The Kier molecular flexibility index (Phi) is 3.41. The van der Waals surface area contributed by atoms with Gasteiger partial charge in [0.2, 0.25) is 0 Å². The minimum atomic E-state index is -1.02. The highest BCUT2D eigenvalue weighted by Crippen LogP contribution is 2.03. The Morgan fingerprint density at radius 1 is 1.38 bits per heavy atom. The van der Waals surface area contributed by atoms with Crippen molar-refractivity contribution in [2.75, 3.05) is 0 Å². The molecule has 0 heterocycles. The maximum atomic E-state index is 11.4. The number of aliphatic hydroxyl groups is 1. The van der Waals surface area contributed by atoms with Crippen molar-refractivity contribution in [3.8, 4) is 0 Å². The fourth-order valence-corrected chi connectivity index (χ4v) is 1.04. The summed E-state index contributed by atoms with van der Waals surface area (Å²) in [6.07, 6.45) is 2.10. The van der Waals surface area contributed by atoms with Crippen LogP contribution in [0.3, 0.4) is 0 Å². The Bertz CT molecular complexity index is 301. The molecule has 0 aliphatic carbocycles. The molecule has 0 amide bonds. The lowest BCUT2D eigenvalue weighted by molar-refractivity contribution is 0.0820. The van der Waals surface area contributed by atoms with Crippen LogP contribution in [0.4, 0.5) is 0 Å². The zero-order chi connectivity index (χ0) is 9.68. The van der Waals surface area contributed by atoms with Gasteiger partial charge in [-0.05, 0) is 6.92 Å². The normalized spacial score (nSPS) is 13.1. The smallest absolute Gasteiger partial charge is 0.195 e. The average Bonchev–Trinajstić information content (AvgIpc) is 2.18. The van der Waals surface area contributed by atoms with E-state index < -0.39 is 6.10 Å². The molecule has 0 saturated carbocycles. The maximum absolute atomic E-state index is 11.4. The third-order valence-electron chi connectivity index (χ3n) is 1.70. The second-order valence-electron chi connectivity index (χ2n) is 2.70. The predicted molar refractivity (Wildman–Crippen MR) is 51.6 cm³/mol. The Morgan fingerprint density at radius 3 is 2.54 bits per heavy atom. The molecule has 1 unspecified atom stereocenters. The van der Waals surface area contributed by atoms with Crippen molar-refractivity contribution in [1.29, 1.82) is 0 Å². The molecule has 68 valence electrons. The molecule has 2 nitrogen and oxygen atoms in total. The van der Waals surface area contributed by atoms with E-state index in [0.717, 1.165) is 0 Å². The molecule has 1 atom stereocenters. The van der Waals surface area contributed by atoms with Crippen LogP contribution in [0, 0.1) is 0 Å². The highest BCUT2D eigenvalue weighted by Gasteiger charge is 2.12. The van der Waals surface area contributed by atoms with Crippen LogP contribution in [0.1, 0.15) is 17.3 Å². The van der Waals surface area contributed by atoms with E-state index in [0.29, 0.717) is 5.56 Å². The second-order valence-corrected chi connectivity index (χ2v) is 2.70. The topological polar surface area (TPSA) is 37.3 Å². The van der Waals surface area contributed by atoms with E-state index in [2.05, 4.69) is 0 Å². The van der Waals surface area contributed by atoms with Gasteiger partial charge in [0.1, 0.15) is 6.10 Å². The Labute approximate surface area is 77.5 Å². The molecule has 0 spiro atoms. The van der Waals surface area contributed by atoms with E-state index in [4.69, 9.17) is 0 Å². The van der Waals surface area contributed by atoms with Gasteiger partial charge in [-0.25, -0.2) is 0 Å². The summed E-state index contributed by atoms with van der Waals surface area (Å²) in [4.78, 5) is 11.4. The number of allylic oxidation sites excluding steroid dienone is 1. The molecule has 1 aromatic carbocycles. The molecule has 0 radical (unpaired) electrons. The molecule has 1 aromatic rings. The van der Waals surface area contributed by atoms with Gasteiger partial charge in [-0.2, -0.15) is 0 Å². The standard InChI is InChI=1S/C11H12O2/c1-2-6-10(12)11(13)9-7-4-3-5-8-9/h2-8,10,12H,1H3/b6-2+. The molecule has 13 heavy (non-hydrogen) atoms. The van der Waals surface area contributed by atoms with Crippen LogP contribution in [0.2, 0.25) is 0 Å². The number of hydrogen-bond acceptors (Lipinski definition) is 2. The van der Waals surface area contributed by atoms with Gasteiger partial charge in [-0.3, -0.25) is 4.79 Å². The van der Waals surface area contributed by atoms with Crippen molar-refractivity contribution in [2.45, 2.75) is 13.0 Å². The second kappa shape index (κ2) is 4.58. The monoisotopic (exact) mass is 176 g/mol. The van der Waals surface area contributed by atoms with E-state index in [9.17, 15) is 9.90 Å². The molecule has 1 N–H and O–H groups in total. The van der Waals surface area contributed by atoms with Crippen molar-refractivity contribution >= 4 is 5.78 Å². The Morgan fingerprint density at radius 2 is 2.00 bits per heavy atom. The van der Waals surface area contributed by atoms with Crippen LogP contribution >= 0.6 is 0 Å². The fourth-order valence-electron chi connectivity index (χ4n) is 1.04. The summed E-state index contributed by atoms with van der Waals surface area (Å²) in [6.45, 7) is 1.77. The van der Waals surface area contributed by atoms with Gasteiger partial charge in [0.25, 0.3) is 0 Å². The molecule has 1 rings (SSSR count). The number of rotatable bonds is 3. The summed E-state index contributed by atoms with van der Waals surface area (Å²) >= 11 is 0. The van der Waals surface area contributed by atoms with Crippen LogP contribution in [-0.4, -0.2) is 17.0 Å². The van der Waals surface area contributed by atoms with Gasteiger partial charge in [0, 0.05) is 5.56 Å². The molecule has 0 aliphatic heterocycles. The summed E-state index contributed by atoms with van der Waals surface area (Å²) in [7, 11) is 0. The summed E-state index contributed by atoms with van der Waals surface area (Å²) in [6, 6.07) is 8.76. The van der Waals surface area contributed by atoms with E-state index in [1.165, 1.54) is 6.08 Å². The molecule has 0 aliphatic rings. The molecule has 0 fully saturated rings. The number of ketones is 1. The van der Waals surface area contributed by atoms with E-state index >= 15 is 0 Å². The number of carbonyl (C=O) groups is 1. The number of Topliss-reactive ketones (excluding diaryl/α,β-unsaturated/α-hetero) is 1. The van der Waals surface area contributed by atoms with E-state index in [1.54, 1.807) is 37.3 Å². The summed E-state index contributed by atoms with van der Waals surface area (Å²) in [5, 5.41) is 9.33. The predicted octanol–water partition coefficient (Wildman–Crippen LogP) is 1.81. The van der Waals surface area contributed by atoms with Crippen molar-refractivity contribution in [3.05, 3.63) is 48.0 Å². The van der Waals surface area contributed by atoms with Crippen molar-refractivity contribution in [1.82, 2.24) is 0 Å². The summed E-state index contributed by atoms with van der Waals surface area (Å²) < 4.78 is 0. The van der Waals surface area contributed by atoms with Crippen molar-refractivity contribution < 1.29 is 9.90 Å². The van der Waals surface area contributed by atoms with Gasteiger partial charge in [-0.15, -0.1) is 0 Å². The highest BCUT2D eigenvalue weighted by atomic mass is 16.3. The van der Waals surface area contributed by atoms with Crippen molar-refractivity contribution in [3.63, 3.8) is 0 Å². The zero-order valence-electron chi connectivity index (χ0n) is 7.47. The maximum Gasteiger partial charge on any atom is 0.195 e. The third kappa shape index (κ3) is 2.53. The van der Waals surface area contributed by atoms with Crippen LogP contribution in [0.5, 0.6) is 0 Å². The third-order valence-corrected chi connectivity index (χ3v) is 1.70. The highest BCUT2D eigenvalue weighted by molar-refractivity contribution is 6.00. The number of aliphatic hydroxyl groups excluding tert-OH is 1. The van der Waals surface area contributed by atoms with E-state index in [1.807, 2.05) is 6.07 Å².